The molecule has 0 spiro atoms. The van der Waals surface area contributed by atoms with Gasteiger partial charge in [0.05, 0.1) is 12.6 Å². The minimum absolute atomic E-state index is 0.0140. The second kappa shape index (κ2) is 8.43. The zero-order valence-electron chi connectivity index (χ0n) is 14.5. The molecule has 3 rings (SSSR count). The number of carbonyl (C=O) groups is 2. The van der Waals surface area contributed by atoms with Gasteiger partial charge in [0.2, 0.25) is 11.8 Å². The van der Waals surface area contributed by atoms with E-state index in [1.807, 2.05) is 0 Å². The van der Waals surface area contributed by atoms with Crippen LogP contribution in [-0.2, 0) is 16.0 Å². The van der Waals surface area contributed by atoms with Crippen molar-refractivity contribution in [3.8, 4) is 0 Å². The Hall–Kier alpha value is -1.95. The molecule has 0 aliphatic carbocycles. The Balaban J connectivity index is 1.42. The number of nitrogens with one attached hydrogen (secondary N) is 1. The molecular formula is C19H26FN3O2. The van der Waals surface area contributed by atoms with Crippen LogP contribution in [-0.4, -0.2) is 60.4 Å². The third kappa shape index (κ3) is 5.26. The van der Waals surface area contributed by atoms with Crippen LogP contribution in [0.15, 0.2) is 24.3 Å². The van der Waals surface area contributed by atoms with E-state index >= 15 is 0 Å². The van der Waals surface area contributed by atoms with Gasteiger partial charge in [-0.25, -0.2) is 4.39 Å². The molecule has 6 heteroatoms. The van der Waals surface area contributed by atoms with E-state index in [0.29, 0.717) is 32.5 Å². The molecule has 2 fully saturated rings. The summed E-state index contributed by atoms with van der Waals surface area (Å²) < 4.78 is 12.9. The lowest BCUT2D eigenvalue weighted by atomic mass is 10.1. The number of piperidine rings is 1. The number of halogens is 1. The van der Waals surface area contributed by atoms with Crippen molar-refractivity contribution in [3.63, 3.8) is 0 Å². The van der Waals surface area contributed by atoms with Crippen molar-refractivity contribution in [1.82, 2.24) is 15.1 Å². The molecule has 1 aromatic carbocycles. The predicted octanol–water partition coefficient (Wildman–Crippen LogP) is 1.57. The average Bonchev–Trinajstić information content (AvgIpc) is 2.94. The van der Waals surface area contributed by atoms with Gasteiger partial charge in [0.15, 0.2) is 0 Å². The van der Waals surface area contributed by atoms with Crippen LogP contribution in [0.3, 0.4) is 0 Å². The molecule has 1 N–H and O–H groups in total. The van der Waals surface area contributed by atoms with Crippen LogP contribution >= 0.6 is 0 Å². The van der Waals surface area contributed by atoms with Crippen molar-refractivity contribution in [2.45, 2.75) is 38.1 Å². The van der Waals surface area contributed by atoms with E-state index < -0.39 is 0 Å². The first kappa shape index (κ1) is 17.9. The van der Waals surface area contributed by atoms with E-state index in [2.05, 4.69) is 10.2 Å². The molecule has 136 valence electrons. The topological polar surface area (TPSA) is 52.7 Å². The zero-order valence-corrected chi connectivity index (χ0v) is 14.5. The van der Waals surface area contributed by atoms with E-state index in [4.69, 9.17) is 0 Å². The Labute approximate surface area is 148 Å². The number of likely N-dealkylation sites (tertiary alicyclic amines) is 2. The van der Waals surface area contributed by atoms with E-state index in [1.165, 1.54) is 18.6 Å². The molecule has 0 bridgehead atoms. The van der Waals surface area contributed by atoms with Crippen LogP contribution in [0, 0.1) is 5.82 Å². The van der Waals surface area contributed by atoms with Crippen LogP contribution in [0.5, 0.6) is 0 Å². The number of rotatable bonds is 6. The molecule has 0 radical (unpaired) electrons. The largest absolute Gasteiger partial charge is 0.350 e. The van der Waals surface area contributed by atoms with Gasteiger partial charge < -0.3 is 10.2 Å². The monoisotopic (exact) mass is 347 g/mol. The second-order valence-electron chi connectivity index (χ2n) is 7.02. The number of benzene rings is 1. The molecule has 2 heterocycles. The highest BCUT2D eigenvalue weighted by atomic mass is 19.1. The quantitative estimate of drug-likeness (QED) is 0.850. The molecule has 0 saturated carbocycles. The number of carbonyl (C=O) groups excluding carboxylic acids is 2. The van der Waals surface area contributed by atoms with Gasteiger partial charge >= 0.3 is 0 Å². The van der Waals surface area contributed by atoms with Crippen molar-refractivity contribution in [2.75, 3.05) is 32.7 Å². The Bertz CT molecular complexity index is 599. The predicted molar refractivity (Wildman–Crippen MR) is 93.5 cm³/mol. The van der Waals surface area contributed by atoms with Crippen LogP contribution in [0.2, 0.25) is 0 Å². The van der Waals surface area contributed by atoms with Gasteiger partial charge in [-0.2, -0.15) is 0 Å². The molecule has 2 aliphatic rings. The van der Waals surface area contributed by atoms with E-state index in [9.17, 15) is 14.0 Å². The highest BCUT2D eigenvalue weighted by Gasteiger charge is 2.30. The van der Waals surface area contributed by atoms with Gasteiger partial charge in [-0.15, -0.1) is 0 Å². The van der Waals surface area contributed by atoms with Crippen LogP contribution in [0.4, 0.5) is 4.39 Å². The van der Waals surface area contributed by atoms with Crippen LogP contribution < -0.4 is 5.32 Å². The highest BCUT2D eigenvalue weighted by Crippen LogP contribution is 2.13. The summed E-state index contributed by atoms with van der Waals surface area (Å²) in [5.41, 5.74) is 1.01. The highest BCUT2D eigenvalue weighted by molar-refractivity contribution is 5.83. The third-order valence-corrected chi connectivity index (χ3v) is 4.98. The van der Waals surface area contributed by atoms with Crippen molar-refractivity contribution < 1.29 is 14.0 Å². The molecule has 1 aromatic rings. The minimum atomic E-state index is -0.252. The van der Waals surface area contributed by atoms with Gasteiger partial charge in [0, 0.05) is 19.5 Å². The summed E-state index contributed by atoms with van der Waals surface area (Å²) in [5.74, 6) is -0.164. The second-order valence-corrected chi connectivity index (χ2v) is 7.02. The van der Waals surface area contributed by atoms with E-state index in [0.717, 1.165) is 31.5 Å². The smallest absolute Gasteiger partial charge is 0.234 e. The van der Waals surface area contributed by atoms with E-state index in [-0.39, 0.29) is 23.7 Å². The average molecular weight is 347 g/mol. The lowest BCUT2D eigenvalue weighted by Gasteiger charge is -2.26. The van der Waals surface area contributed by atoms with Gasteiger partial charge in [0.25, 0.3) is 0 Å². The van der Waals surface area contributed by atoms with Gasteiger partial charge in [-0.05, 0) is 50.0 Å². The fourth-order valence-corrected chi connectivity index (χ4v) is 3.59. The summed E-state index contributed by atoms with van der Waals surface area (Å²) >= 11 is 0. The fraction of sp³-hybridized carbons (Fsp3) is 0.579. The van der Waals surface area contributed by atoms with Crippen LogP contribution in [0.1, 0.15) is 31.2 Å². The first-order valence-corrected chi connectivity index (χ1v) is 9.14. The fourth-order valence-electron chi connectivity index (χ4n) is 3.59. The van der Waals surface area contributed by atoms with Gasteiger partial charge in [-0.1, -0.05) is 18.6 Å². The number of amides is 2. The molecule has 5 nitrogen and oxygen atoms in total. The maximum atomic E-state index is 12.9. The van der Waals surface area contributed by atoms with Crippen molar-refractivity contribution in [3.05, 3.63) is 35.6 Å². The minimum Gasteiger partial charge on any atom is -0.350 e. The maximum absolute atomic E-state index is 12.9. The molecular weight excluding hydrogens is 321 g/mol. The summed E-state index contributed by atoms with van der Waals surface area (Å²) in [6.45, 7) is 3.57. The lowest BCUT2D eigenvalue weighted by molar-refractivity contribution is -0.127. The Morgan fingerprint density at radius 1 is 1.16 bits per heavy atom. The number of hydrogen-bond donors (Lipinski definition) is 1. The Morgan fingerprint density at radius 3 is 2.60 bits per heavy atom. The molecule has 2 amide bonds. The molecule has 25 heavy (non-hydrogen) atoms. The Morgan fingerprint density at radius 2 is 1.88 bits per heavy atom. The summed E-state index contributed by atoms with van der Waals surface area (Å²) in [6.07, 6.45) is 4.63. The number of nitrogens with zero attached hydrogens (tertiary/aromatic N) is 2. The summed E-state index contributed by atoms with van der Waals surface area (Å²) in [5, 5.41) is 3.00. The molecule has 2 aliphatic heterocycles. The lowest BCUT2D eigenvalue weighted by Crippen LogP contribution is -2.44. The Kier molecular flexibility index (Phi) is 6.02. The van der Waals surface area contributed by atoms with Gasteiger partial charge in [0.1, 0.15) is 5.82 Å². The van der Waals surface area contributed by atoms with Crippen molar-refractivity contribution in [1.29, 1.82) is 0 Å². The number of hydrogen-bond acceptors (Lipinski definition) is 3. The summed E-state index contributed by atoms with van der Waals surface area (Å²) in [6, 6.07) is 6.26. The summed E-state index contributed by atoms with van der Waals surface area (Å²) in [4.78, 5) is 28.3. The zero-order chi connectivity index (χ0) is 17.6. The molecule has 2 saturated heterocycles. The third-order valence-electron chi connectivity index (χ3n) is 4.98. The molecule has 0 aromatic heterocycles. The van der Waals surface area contributed by atoms with Crippen molar-refractivity contribution in [2.24, 2.45) is 0 Å². The standard InChI is InChI=1S/C19H26FN3O2/c20-16-6-4-15(5-7-16)8-11-23-13-17(12-19(23)25)21-18(24)14-22-9-2-1-3-10-22/h4-7,17H,1-3,8-14H2,(H,21,24)/t17-/m1/s1. The molecule has 0 unspecified atom stereocenters. The normalized spacial score (nSPS) is 21.6. The summed E-state index contributed by atoms with van der Waals surface area (Å²) in [7, 11) is 0. The van der Waals surface area contributed by atoms with E-state index in [1.54, 1.807) is 17.0 Å². The van der Waals surface area contributed by atoms with Crippen molar-refractivity contribution >= 4 is 11.8 Å². The SMILES string of the molecule is O=C(CN1CCCCC1)N[C@@H]1CC(=O)N(CCc2ccc(F)cc2)C1. The van der Waals surface area contributed by atoms with Crippen LogP contribution in [0.25, 0.3) is 0 Å². The molecule has 1 atom stereocenters. The first-order valence-electron chi connectivity index (χ1n) is 9.14. The van der Waals surface area contributed by atoms with Gasteiger partial charge in [-0.3, -0.25) is 14.5 Å². The first-order chi connectivity index (χ1) is 12.1. The maximum Gasteiger partial charge on any atom is 0.234 e.